The van der Waals surface area contributed by atoms with E-state index in [-0.39, 0.29) is 0 Å². The van der Waals surface area contributed by atoms with Crippen molar-refractivity contribution in [3.8, 4) is 0 Å². The molecule has 0 amide bonds. The first-order valence-corrected chi connectivity index (χ1v) is 8.11. The summed E-state index contributed by atoms with van der Waals surface area (Å²) in [6, 6.07) is 6.31. The number of phosphoric acid groups is 1. The van der Waals surface area contributed by atoms with Crippen molar-refractivity contribution < 1.29 is 19.2 Å². The fraction of sp³-hybridized carbons (Fsp3) is 0. The first-order valence-electron chi connectivity index (χ1n) is 3.40. The van der Waals surface area contributed by atoms with Crippen LogP contribution in [0.3, 0.4) is 0 Å². The van der Waals surface area contributed by atoms with E-state index in [2.05, 4.69) is 50.1 Å². The Morgan fingerprint density at radius 3 is 1.93 bits per heavy atom. The third-order valence-corrected chi connectivity index (χ3v) is 4.99. The van der Waals surface area contributed by atoms with Gasteiger partial charge in [-0.1, -0.05) is 0 Å². The summed E-state index contributed by atoms with van der Waals surface area (Å²) < 4.78 is 12.7. The summed E-state index contributed by atoms with van der Waals surface area (Å²) in [6.45, 7) is 0. The Morgan fingerprint density at radius 1 is 1.21 bits per heavy atom. The van der Waals surface area contributed by atoms with Crippen LogP contribution in [0.5, 0.6) is 0 Å². The number of halogens is 2. The molecule has 0 atom stereocenters. The Kier molecular flexibility index (Phi) is 8.29. The molecule has 8 heteroatoms. The molecule has 1 aromatic rings. The average Bonchev–Trinajstić information content (AvgIpc) is 1.94. The summed E-state index contributed by atoms with van der Waals surface area (Å²) in [7, 11) is -4.64. The van der Waals surface area contributed by atoms with E-state index >= 15 is 0 Å². The molecule has 0 aliphatic rings. The Balaban J connectivity index is 0.000000292. The van der Waals surface area contributed by atoms with Gasteiger partial charge in [-0.05, 0) is 0 Å². The van der Waals surface area contributed by atoms with E-state index in [0.29, 0.717) is 0 Å². The third kappa shape index (κ3) is 10.4. The van der Waals surface area contributed by atoms with Crippen LogP contribution in [0.2, 0.25) is 0 Å². The minimum atomic E-state index is -4.64. The maximum absolute atomic E-state index is 8.88. The van der Waals surface area contributed by atoms with Crippen molar-refractivity contribution in [2.75, 3.05) is 0 Å². The molecular weight excluding hydrogens is 366 g/mol. The molecular formula is C6H6Br2KO4P. The van der Waals surface area contributed by atoms with Gasteiger partial charge in [-0.15, -0.1) is 0 Å². The molecule has 14 heavy (non-hydrogen) atoms. The molecule has 0 aliphatic carbocycles. The standard InChI is InChI=1S/C6H3Br2.K.H3O4P/c7-5-2-1-3-6(8)4-5;;1-5(2,3)4/h1-2,4H;;(H3,1,2,3,4). The van der Waals surface area contributed by atoms with Crippen LogP contribution >= 0.6 is 39.7 Å². The second-order valence-electron chi connectivity index (χ2n) is 2.41. The molecule has 0 unspecified atom stereocenters. The molecule has 4 nitrogen and oxygen atoms in total. The predicted octanol–water partition coefficient (Wildman–Crippen LogP) is 1.08. The number of hydrogen-bond acceptors (Lipinski definition) is 1. The third-order valence-electron chi connectivity index (χ3n) is 1.13. The van der Waals surface area contributed by atoms with Crippen LogP contribution in [0.15, 0.2) is 27.1 Å². The summed E-state index contributed by atoms with van der Waals surface area (Å²) >= 11 is 7.62. The maximum atomic E-state index is 8.88. The molecule has 0 saturated heterocycles. The van der Waals surface area contributed by atoms with E-state index in [9.17, 15) is 0 Å². The van der Waals surface area contributed by atoms with E-state index < -0.39 is 7.82 Å². The zero-order chi connectivity index (χ0) is 11.4. The molecule has 0 bridgehead atoms. The minimum absolute atomic E-state index is 0.770. The first-order chi connectivity index (χ1) is 6.20. The summed E-state index contributed by atoms with van der Waals surface area (Å²) in [6.07, 6.45) is 0. The second kappa shape index (κ2) is 7.29. The normalized spacial score (nSPS) is 10.5. The van der Waals surface area contributed by atoms with Crippen molar-refractivity contribution in [3.63, 3.8) is 0 Å². The number of benzene rings is 1. The van der Waals surface area contributed by atoms with Gasteiger partial charge in [0.15, 0.2) is 0 Å². The number of hydrogen-bond donors (Lipinski definition) is 3. The van der Waals surface area contributed by atoms with Crippen LogP contribution in [0.4, 0.5) is 0 Å². The molecule has 1 aromatic carbocycles. The van der Waals surface area contributed by atoms with Crippen LogP contribution in [0.1, 0.15) is 0 Å². The molecule has 0 spiro atoms. The quantitative estimate of drug-likeness (QED) is 0.471. The molecule has 0 radical (unpaired) electrons. The van der Waals surface area contributed by atoms with Gasteiger partial charge in [0.2, 0.25) is 0 Å². The first kappa shape index (κ1) is 15.9. The Hall–Kier alpha value is 1.93. The molecule has 0 aliphatic heterocycles. The van der Waals surface area contributed by atoms with E-state index in [4.69, 9.17) is 19.2 Å². The van der Waals surface area contributed by atoms with E-state index in [1.807, 2.05) is 0 Å². The second-order valence-corrected chi connectivity index (χ2v) is 6.89. The van der Waals surface area contributed by atoms with Gasteiger partial charge in [0, 0.05) is 0 Å². The zero-order valence-electron chi connectivity index (χ0n) is 7.19. The van der Waals surface area contributed by atoms with Gasteiger partial charge in [-0.25, -0.2) is 4.57 Å². The Morgan fingerprint density at radius 2 is 1.64 bits per heavy atom. The van der Waals surface area contributed by atoms with Crippen LogP contribution in [-0.2, 0) is 4.57 Å². The van der Waals surface area contributed by atoms with Gasteiger partial charge < -0.3 is 14.7 Å². The average molecular weight is 372 g/mol. The Bertz CT molecular complexity index is 345. The fourth-order valence-corrected chi connectivity index (χ4v) is 2.10. The van der Waals surface area contributed by atoms with Gasteiger partial charge >= 0.3 is 115 Å². The molecule has 0 saturated carbocycles. The zero-order valence-corrected chi connectivity index (χ0v) is 14.4. The fourth-order valence-electron chi connectivity index (χ4n) is 0.567. The SMILES string of the molecule is O=P(O)(O)O.[K][c]1ccc(Br)cc1Br. The summed E-state index contributed by atoms with van der Waals surface area (Å²) in [5.41, 5.74) is 0. The van der Waals surface area contributed by atoms with Gasteiger partial charge in [-0.3, -0.25) is 0 Å². The molecule has 1 rings (SSSR count). The van der Waals surface area contributed by atoms with Crippen LogP contribution < -0.4 is -0.342 Å². The molecule has 0 heterocycles. The van der Waals surface area contributed by atoms with Crippen molar-refractivity contribution in [1.29, 1.82) is 0 Å². The van der Waals surface area contributed by atoms with Gasteiger partial charge in [0.25, 0.3) is 0 Å². The summed E-state index contributed by atoms with van der Waals surface area (Å²) in [5.74, 6) is 0. The van der Waals surface area contributed by atoms with E-state index in [0.717, 1.165) is 53.4 Å². The Labute approximate surface area is 132 Å². The van der Waals surface area contributed by atoms with Crippen molar-refractivity contribution in [2.24, 2.45) is 0 Å². The van der Waals surface area contributed by atoms with Crippen molar-refractivity contribution in [3.05, 3.63) is 27.1 Å². The van der Waals surface area contributed by atoms with E-state index in [1.54, 1.807) is 0 Å². The van der Waals surface area contributed by atoms with Crippen molar-refractivity contribution in [1.82, 2.24) is 0 Å². The van der Waals surface area contributed by atoms with Crippen molar-refractivity contribution >= 4 is 88.3 Å². The van der Waals surface area contributed by atoms with E-state index in [1.165, 1.54) is 4.13 Å². The molecule has 0 fully saturated rings. The van der Waals surface area contributed by atoms with Gasteiger partial charge in [-0.2, -0.15) is 0 Å². The predicted molar refractivity (Wildman–Crippen MR) is 61.5 cm³/mol. The van der Waals surface area contributed by atoms with Gasteiger partial charge in [0.1, 0.15) is 0 Å². The van der Waals surface area contributed by atoms with Gasteiger partial charge in [0.05, 0.1) is 0 Å². The summed E-state index contributed by atoms with van der Waals surface area (Å²) in [5, 5.41) is 0. The van der Waals surface area contributed by atoms with Crippen LogP contribution in [-0.4, -0.2) is 63.6 Å². The van der Waals surface area contributed by atoms with Crippen LogP contribution in [0, 0.1) is 0 Å². The number of rotatable bonds is 0. The van der Waals surface area contributed by atoms with Crippen LogP contribution in [0.25, 0.3) is 0 Å². The van der Waals surface area contributed by atoms with Crippen molar-refractivity contribution in [2.45, 2.75) is 0 Å². The molecule has 3 N–H and O–H groups in total. The monoisotopic (exact) mass is 370 g/mol. The topological polar surface area (TPSA) is 77.8 Å². The molecule has 0 aromatic heterocycles. The summed E-state index contributed by atoms with van der Waals surface area (Å²) in [4.78, 5) is 21.6. The molecule has 74 valence electrons.